The first-order valence-corrected chi connectivity index (χ1v) is 7.14. The average Bonchev–Trinajstić information content (AvgIpc) is 2.37. The molecule has 6 heteroatoms. The van der Waals surface area contributed by atoms with Crippen molar-refractivity contribution in [1.29, 1.82) is 0 Å². The van der Waals surface area contributed by atoms with E-state index in [2.05, 4.69) is 24.1 Å². The van der Waals surface area contributed by atoms with Crippen LogP contribution in [0.3, 0.4) is 0 Å². The van der Waals surface area contributed by atoms with Crippen molar-refractivity contribution in [3.8, 4) is 0 Å². The molecule has 1 amide bonds. The van der Waals surface area contributed by atoms with Crippen molar-refractivity contribution in [3.63, 3.8) is 0 Å². The number of halogens is 2. The first-order valence-electron chi connectivity index (χ1n) is 7.14. The monoisotopic (exact) mass is 327 g/mol. The van der Waals surface area contributed by atoms with Gasteiger partial charge in [-0.1, -0.05) is 20.8 Å². The second kappa shape index (κ2) is 10.7. The van der Waals surface area contributed by atoms with E-state index in [1.807, 2.05) is 25.9 Å². The zero-order valence-corrected chi connectivity index (χ0v) is 15.0. The number of nitrogens with zero attached hydrogens (tertiary/aromatic N) is 2. The summed E-state index contributed by atoms with van der Waals surface area (Å²) in [4.78, 5) is 16.8. The van der Waals surface area contributed by atoms with Gasteiger partial charge in [0.1, 0.15) is 0 Å². The quantitative estimate of drug-likeness (QED) is 0.837. The standard InChI is InChI=1S/C14H29N3O.2ClH/c1-6-17-8-7-13(12(3)10-17)16(5)14(18)11(2)9-15-4;;/h11-13,15H,6-10H2,1-5H3;2*1H. The highest BCUT2D eigenvalue weighted by Crippen LogP contribution is 2.22. The third kappa shape index (κ3) is 5.76. The molecule has 3 unspecified atom stereocenters. The van der Waals surface area contributed by atoms with Crippen molar-refractivity contribution in [2.24, 2.45) is 11.8 Å². The third-order valence-corrected chi connectivity index (χ3v) is 4.17. The van der Waals surface area contributed by atoms with Gasteiger partial charge < -0.3 is 15.1 Å². The molecule has 0 radical (unpaired) electrons. The summed E-state index contributed by atoms with van der Waals surface area (Å²) in [5.74, 6) is 0.900. The van der Waals surface area contributed by atoms with Gasteiger partial charge in [0.25, 0.3) is 0 Å². The van der Waals surface area contributed by atoms with Crippen LogP contribution >= 0.6 is 24.8 Å². The lowest BCUT2D eigenvalue weighted by molar-refractivity contribution is -0.137. The fourth-order valence-electron chi connectivity index (χ4n) is 2.99. The van der Waals surface area contributed by atoms with Gasteiger partial charge >= 0.3 is 0 Å². The maximum atomic E-state index is 12.3. The first kappa shape index (κ1) is 22.3. The molecule has 1 rings (SSSR count). The first-order chi connectivity index (χ1) is 8.51. The summed E-state index contributed by atoms with van der Waals surface area (Å²) in [5.41, 5.74) is 0. The molecule has 1 heterocycles. The summed E-state index contributed by atoms with van der Waals surface area (Å²) in [5, 5.41) is 3.08. The predicted molar refractivity (Wildman–Crippen MR) is 90.0 cm³/mol. The molecule has 1 aliphatic rings. The highest BCUT2D eigenvalue weighted by molar-refractivity contribution is 5.85. The zero-order valence-electron chi connectivity index (χ0n) is 13.4. The smallest absolute Gasteiger partial charge is 0.226 e. The maximum absolute atomic E-state index is 12.3. The predicted octanol–water partition coefficient (Wildman–Crippen LogP) is 1.87. The van der Waals surface area contributed by atoms with Crippen LogP contribution in [0.25, 0.3) is 0 Å². The molecule has 0 aromatic heterocycles. The van der Waals surface area contributed by atoms with Gasteiger partial charge in [-0.15, -0.1) is 24.8 Å². The normalized spacial score (nSPS) is 24.2. The zero-order chi connectivity index (χ0) is 13.7. The number of carbonyl (C=O) groups excluding carboxylic acids is 1. The van der Waals surface area contributed by atoms with E-state index in [0.717, 1.165) is 32.6 Å². The summed E-state index contributed by atoms with van der Waals surface area (Å²) >= 11 is 0. The van der Waals surface area contributed by atoms with Gasteiger partial charge in [0, 0.05) is 38.6 Å². The molecule has 0 bridgehead atoms. The van der Waals surface area contributed by atoms with E-state index in [4.69, 9.17) is 0 Å². The van der Waals surface area contributed by atoms with E-state index in [1.165, 1.54) is 0 Å². The molecule has 3 atom stereocenters. The van der Waals surface area contributed by atoms with E-state index in [0.29, 0.717) is 12.0 Å². The van der Waals surface area contributed by atoms with Crippen LogP contribution in [0.5, 0.6) is 0 Å². The van der Waals surface area contributed by atoms with E-state index >= 15 is 0 Å². The lowest BCUT2D eigenvalue weighted by Gasteiger charge is -2.41. The minimum absolute atomic E-state index is 0. The van der Waals surface area contributed by atoms with Gasteiger partial charge in [-0.2, -0.15) is 0 Å². The van der Waals surface area contributed by atoms with Crippen molar-refractivity contribution >= 4 is 30.7 Å². The number of carbonyl (C=O) groups is 1. The summed E-state index contributed by atoms with van der Waals surface area (Å²) in [6, 6.07) is 0.402. The molecule has 1 aliphatic heterocycles. The molecule has 0 spiro atoms. The van der Waals surface area contributed by atoms with Crippen LogP contribution in [-0.4, -0.2) is 62.0 Å². The van der Waals surface area contributed by atoms with Crippen LogP contribution in [0, 0.1) is 11.8 Å². The Morgan fingerprint density at radius 1 is 1.45 bits per heavy atom. The van der Waals surface area contributed by atoms with Crippen LogP contribution in [0.1, 0.15) is 27.2 Å². The lowest BCUT2D eigenvalue weighted by Crippen LogP contribution is -2.52. The Balaban J connectivity index is 0. The number of nitrogens with one attached hydrogen (secondary N) is 1. The van der Waals surface area contributed by atoms with Crippen LogP contribution in [0.2, 0.25) is 0 Å². The highest BCUT2D eigenvalue weighted by Gasteiger charge is 2.31. The van der Waals surface area contributed by atoms with Gasteiger partial charge in [0.15, 0.2) is 0 Å². The van der Waals surface area contributed by atoms with E-state index in [-0.39, 0.29) is 36.6 Å². The summed E-state index contributed by atoms with van der Waals surface area (Å²) in [6.45, 7) is 10.6. The van der Waals surface area contributed by atoms with Crippen LogP contribution in [-0.2, 0) is 4.79 Å². The number of likely N-dealkylation sites (tertiary alicyclic amines) is 1. The number of amides is 1. The molecular weight excluding hydrogens is 297 g/mol. The fourth-order valence-corrected chi connectivity index (χ4v) is 2.99. The Labute approximate surface area is 136 Å². The Hall–Kier alpha value is -0.0300. The van der Waals surface area contributed by atoms with Crippen molar-refractivity contribution < 1.29 is 4.79 Å². The number of piperidine rings is 1. The van der Waals surface area contributed by atoms with Crippen LogP contribution in [0.4, 0.5) is 0 Å². The molecule has 0 aromatic rings. The molecule has 1 saturated heterocycles. The van der Waals surface area contributed by atoms with Gasteiger partial charge in [0.05, 0.1) is 0 Å². The maximum Gasteiger partial charge on any atom is 0.226 e. The largest absolute Gasteiger partial charge is 0.342 e. The second-order valence-corrected chi connectivity index (χ2v) is 5.63. The molecule has 0 aromatic carbocycles. The molecule has 1 fully saturated rings. The van der Waals surface area contributed by atoms with Gasteiger partial charge in [-0.25, -0.2) is 0 Å². The topological polar surface area (TPSA) is 35.6 Å². The van der Waals surface area contributed by atoms with Gasteiger partial charge in [-0.05, 0) is 25.9 Å². The molecule has 0 saturated carbocycles. The Bertz CT molecular complexity index is 279. The molecule has 20 heavy (non-hydrogen) atoms. The summed E-state index contributed by atoms with van der Waals surface area (Å²) < 4.78 is 0. The number of rotatable bonds is 5. The average molecular weight is 328 g/mol. The lowest BCUT2D eigenvalue weighted by atomic mass is 9.92. The fraction of sp³-hybridized carbons (Fsp3) is 0.929. The minimum Gasteiger partial charge on any atom is -0.342 e. The third-order valence-electron chi connectivity index (χ3n) is 4.17. The molecule has 122 valence electrons. The minimum atomic E-state index is 0. The Morgan fingerprint density at radius 3 is 2.50 bits per heavy atom. The molecule has 1 N–H and O–H groups in total. The summed E-state index contributed by atoms with van der Waals surface area (Å²) in [6.07, 6.45) is 1.10. The Kier molecular flexibility index (Phi) is 11.9. The van der Waals surface area contributed by atoms with Crippen molar-refractivity contribution in [2.75, 3.05) is 40.3 Å². The number of hydrogen-bond donors (Lipinski definition) is 1. The van der Waals surface area contributed by atoms with Gasteiger partial charge in [0.2, 0.25) is 5.91 Å². The van der Waals surface area contributed by atoms with Gasteiger partial charge in [-0.3, -0.25) is 4.79 Å². The van der Waals surface area contributed by atoms with E-state index < -0.39 is 0 Å². The Morgan fingerprint density at radius 2 is 2.05 bits per heavy atom. The van der Waals surface area contributed by atoms with Crippen LogP contribution in [0.15, 0.2) is 0 Å². The molecular formula is C14H31Cl2N3O. The van der Waals surface area contributed by atoms with Crippen molar-refractivity contribution in [3.05, 3.63) is 0 Å². The molecule has 4 nitrogen and oxygen atoms in total. The van der Waals surface area contributed by atoms with E-state index in [1.54, 1.807) is 0 Å². The number of hydrogen-bond acceptors (Lipinski definition) is 3. The van der Waals surface area contributed by atoms with E-state index in [9.17, 15) is 4.79 Å². The van der Waals surface area contributed by atoms with Crippen molar-refractivity contribution in [2.45, 2.75) is 33.2 Å². The SMILES string of the molecule is CCN1CCC(N(C)C(=O)C(C)CNC)C(C)C1.Cl.Cl. The second-order valence-electron chi connectivity index (χ2n) is 5.63. The van der Waals surface area contributed by atoms with Crippen molar-refractivity contribution in [1.82, 2.24) is 15.1 Å². The summed E-state index contributed by atoms with van der Waals surface area (Å²) in [7, 11) is 3.86. The molecule has 0 aliphatic carbocycles. The highest BCUT2D eigenvalue weighted by atomic mass is 35.5. The van der Waals surface area contributed by atoms with Crippen LogP contribution < -0.4 is 5.32 Å².